The fourth-order valence-corrected chi connectivity index (χ4v) is 3.21. The van der Waals surface area contributed by atoms with Gasteiger partial charge in [0, 0.05) is 11.1 Å². The minimum absolute atomic E-state index is 0.313. The van der Waals surface area contributed by atoms with Crippen LogP contribution in [0.3, 0.4) is 0 Å². The summed E-state index contributed by atoms with van der Waals surface area (Å²) in [6.07, 6.45) is 1.22. The van der Waals surface area contributed by atoms with Gasteiger partial charge in [0.2, 0.25) is 0 Å². The molecule has 3 heteroatoms. The molecule has 0 saturated heterocycles. The van der Waals surface area contributed by atoms with Crippen molar-refractivity contribution in [1.29, 1.82) is 0 Å². The molecule has 1 aromatic heterocycles. The average Bonchev–Trinajstić information content (AvgIpc) is 2.83. The quantitative estimate of drug-likeness (QED) is 0.752. The molecule has 1 atom stereocenters. The van der Waals surface area contributed by atoms with E-state index in [0.29, 0.717) is 6.04 Å². The molecule has 1 heterocycles. The van der Waals surface area contributed by atoms with Crippen molar-refractivity contribution in [3.8, 4) is 0 Å². The van der Waals surface area contributed by atoms with Gasteiger partial charge in [0.25, 0.3) is 0 Å². The van der Waals surface area contributed by atoms with Gasteiger partial charge in [-0.1, -0.05) is 32.0 Å². The molecule has 0 spiro atoms. The highest BCUT2D eigenvalue weighted by Gasteiger charge is 2.16. The fourth-order valence-electron chi connectivity index (χ4n) is 2.23. The SMILES string of the molecule is CCCSCC(NCC)c1cc2cccc(C)c2o1. The largest absolute Gasteiger partial charge is 0.459 e. The first-order valence-electron chi connectivity index (χ1n) is 7.06. The Morgan fingerprint density at radius 3 is 2.84 bits per heavy atom. The van der Waals surface area contributed by atoms with Crippen molar-refractivity contribution in [1.82, 2.24) is 5.32 Å². The van der Waals surface area contributed by atoms with Crippen LogP contribution in [0.1, 0.15) is 37.6 Å². The van der Waals surface area contributed by atoms with Gasteiger partial charge in [-0.3, -0.25) is 0 Å². The van der Waals surface area contributed by atoms with E-state index >= 15 is 0 Å². The van der Waals surface area contributed by atoms with E-state index < -0.39 is 0 Å². The first-order valence-corrected chi connectivity index (χ1v) is 8.22. The molecular formula is C16H23NOS. The molecular weight excluding hydrogens is 254 g/mol. The summed E-state index contributed by atoms with van der Waals surface area (Å²) in [4.78, 5) is 0. The number of rotatable bonds is 7. The second kappa shape index (κ2) is 7.01. The second-order valence-electron chi connectivity index (χ2n) is 4.83. The van der Waals surface area contributed by atoms with Gasteiger partial charge in [0.05, 0.1) is 6.04 Å². The minimum atomic E-state index is 0.313. The standard InChI is InChI=1S/C16H23NOS/c1-4-9-19-11-14(17-5-2)15-10-13-8-6-7-12(3)16(13)18-15/h6-8,10,14,17H,4-5,9,11H2,1-3H3. The molecule has 0 aliphatic carbocycles. The molecule has 0 aliphatic heterocycles. The van der Waals surface area contributed by atoms with Crippen LogP contribution in [-0.2, 0) is 0 Å². The third kappa shape index (κ3) is 3.54. The van der Waals surface area contributed by atoms with E-state index in [1.807, 2.05) is 11.8 Å². The van der Waals surface area contributed by atoms with Crippen LogP contribution < -0.4 is 5.32 Å². The van der Waals surface area contributed by atoms with Crippen molar-refractivity contribution in [2.24, 2.45) is 0 Å². The lowest BCUT2D eigenvalue weighted by Crippen LogP contribution is -2.22. The molecule has 0 aliphatic rings. The molecule has 0 radical (unpaired) electrons. The van der Waals surface area contributed by atoms with Crippen LogP contribution in [-0.4, -0.2) is 18.1 Å². The molecule has 1 unspecified atom stereocenters. The Morgan fingerprint density at radius 1 is 1.32 bits per heavy atom. The third-order valence-electron chi connectivity index (χ3n) is 3.19. The Labute approximate surface area is 119 Å². The summed E-state index contributed by atoms with van der Waals surface area (Å²) in [6, 6.07) is 8.81. The van der Waals surface area contributed by atoms with E-state index in [1.165, 1.54) is 23.1 Å². The predicted octanol–water partition coefficient (Wildman–Crippen LogP) is 4.54. The first-order chi connectivity index (χ1) is 9.26. The van der Waals surface area contributed by atoms with E-state index in [0.717, 1.165) is 23.6 Å². The van der Waals surface area contributed by atoms with Gasteiger partial charge in [-0.15, -0.1) is 0 Å². The lowest BCUT2D eigenvalue weighted by Gasteiger charge is -2.14. The minimum Gasteiger partial charge on any atom is -0.459 e. The van der Waals surface area contributed by atoms with Crippen LogP contribution >= 0.6 is 11.8 Å². The topological polar surface area (TPSA) is 25.2 Å². The number of benzene rings is 1. The van der Waals surface area contributed by atoms with Crippen LogP contribution in [0.5, 0.6) is 0 Å². The van der Waals surface area contributed by atoms with E-state index in [2.05, 4.69) is 50.4 Å². The highest BCUT2D eigenvalue weighted by Crippen LogP contribution is 2.28. The molecule has 104 valence electrons. The number of furan rings is 1. The smallest absolute Gasteiger partial charge is 0.137 e. The number of para-hydroxylation sites is 1. The zero-order valence-electron chi connectivity index (χ0n) is 12.0. The number of thioether (sulfide) groups is 1. The molecule has 2 rings (SSSR count). The highest BCUT2D eigenvalue weighted by molar-refractivity contribution is 7.99. The maximum Gasteiger partial charge on any atom is 0.137 e. The molecule has 0 bridgehead atoms. The lowest BCUT2D eigenvalue weighted by atomic mass is 10.1. The van der Waals surface area contributed by atoms with Crippen LogP contribution in [0.4, 0.5) is 0 Å². The number of nitrogens with one attached hydrogen (secondary N) is 1. The van der Waals surface area contributed by atoms with E-state index in [-0.39, 0.29) is 0 Å². The predicted molar refractivity (Wildman–Crippen MR) is 85.0 cm³/mol. The van der Waals surface area contributed by atoms with Crippen LogP contribution in [0.2, 0.25) is 0 Å². The van der Waals surface area contributed by atoms with Crippen molar-refractivity contribution >= 4 is 22.7 Å². The Bertz CT molecular complexity index is 520. The molecule has 0 saturated carbocycles. The Balaban J connectivity index is 2.20. The molecule has 2 nitrogen and oxygen atoms in total. The molecule has 19 heavy (non-hydrogen) atoms. The van der Waals surface area contributed by atoms with Gasteiger partial charge in [0.15, 0.2) is 0 Å². The highest BCUT2D eigenvalue weighted by atomic mass is 32.2. The summed E-state index contributed by atoms with van der Waals surface area (Å²) in [7, 11) is 0. The van der Waals surface area contributed by atoms with Gasteiger partial charge in [0.1, 0.15) is 11.3 Å². The Hall–Kier alpha value is -0.930. The number of hydrogen-bond acceptors (Lipinski definition) is 3. The van der Waals surface area contributed by atoms with Crippen molar-refractivity contribution in [3.05, 3.63) is 35.6 Å². The van der Waals surface area contributed by atoms with Crippen molar-refractivity contribution in [3.63, 3.8) is 0 Å². The fraction of sp³-hybridized carbons (Fsp3) is 0.500. The van der Waals surface area contributed by atoms with Gasteiger partial charge in [-0.2, -0.15) is 11.8 Å². The van der Waals surface area contributed by atoms with Crippen LogP contribution in [0.15, 0.2) is 28.7 Å². The summed E-state index contributed by atoms with van der Waals surface area (Å²) in [5, 5.41) is 4.73. The van der Waals surface area contributed by atoms with Gasteiger partial charge >= 0.3 is 0 Å². The number of aryl methyl sites for hydroxylation is 1. The van der Waals surface area contributed by atoms with E-state index in [9.17, 15) is 0 Å². The maximum atomic E-state index is 6.07. The number of fused-ring (bicyclic) bond motifs is 1. The number of hydrogen-bond donors (Lipinski definition) is 1. The van der Waals surface area contributed by atoms with E-state index in [1.54, 1.807) is 0 Å². The normalized spacial score (nSPS) is 13.0. The Kier molecular flexibility index (Phi) is 5.34. The lowest BCUT2D eigenvalue weighted by molar-refractivity contribution is 0.463. The van der Waals surface area contributed by atoms with Crippen molar-refractivity contribution in [2.45, 2.75) is 33.2 Å². The van der Waals surface area contributed by atoms with E-state index in [4.69, 9.17) is 4.42 Å². The second-order valence-corrected chi connectivity index (χ2v) is 5.98. The molecule has 2 aromatic rings. The summed E-state index contributed by atoms with van der Waals surface area (Å²) in [5.74, 6) is 3.34. The van der Waals surface area contributed by atoms with Crippen LogP contribution in [0.25, 0.3) is 11.0 Å². The zero-order valence-corrected chi connectivity index (χ0v) is 12.8. The molecule has 0 amide bonds. The average molecular weight is 277 g/mol. The molecule has 0 fully saturated rings. The van der Waals surface area contributed by atoms with Gasteiger partial charge in [-0.05, 0) is 37.3 Å². The van der Waals surface area contributed by atoms with Gasteiger partial charge < -0.3 is 9.73 Å². The zero-order chi connectivity index (χ0) is 13.7. The van der Waals surface area contributed by atoms with Crippen molar-refractivity contribution < 1.29 is 4.42 Å². The third-order valence-corrected chi connectivity index (χ3v) is 4.45. The van der Waals surface area contributed by atoms with Gasteiger partial charge in [-0.25, -0.2) is 0 Å². The maximum absolute atomic E-state index is 6.07. The summed E-state index contributed by atoms with van der Waals surface area (Å²) >= 11 is 1.99. The van der Waals surface area contributed by atoms with Crippen LogP contribution in [0, 0.1) is 6.92 Å². The first kappa shape index (κ1) is 14.5. The summed E-state index contributed by atoms with van der Waals surface area (Å²) < 4.78 is 6.07. The summed E-state index contributed by atoms with van der Waals surface area (Å²) in [5.41, 5.74) is 2.24. The molecule has 1 N–H and O–H groups in total. The monoisotopic (exact) mass is 277 g/mol. The Morgan fingerprint density at radius 2 is 2.16 bits per heavy atom. The molecule has 1 aromatic carbocycles. The van der Waals surface area contributed by atoms with Crippen molar-refractivity contribution in [2.75, 3.05) is 18.1 Å². The summed E-state index contributed by atoms with van der Waals surface area (Å²) in [6.45, 7) is 7.43.